The molecule has 2 N–H and O–H groups in total. The lowest BCUT2D eigenvalue weighted by Gasteiger charge is -2.34. The number of nitrogens with zero attached hydrogens (tertiary/aromatic N) is 1. The number of aryl methyl sites for hydroxylation is 1. The lowest BCUT2D eigenvalue weighted by Crippen LogP contribution is -2.45. The highest BCUT2D eigenvalue weighted by Crippen LogP contribution is 2.21. The van der Waals surface area contributed by atoms with Crippen molar-refractivity contribution in [1.29, 1.82) is 0 Å². The van der Waals surface area contributed by atoms with Crippen molar-refractivity contribution >= 4 is 23.2 Å². The van der Waals surface area contributed by atoms with Crippen LogP contribution < -0.4 is 10.6 Å². The van der Waals surface area contributed by atoms with Crippen molar-refractivity contribution in [2.45, 2.75) is 39.7 Å². The van der Waals surface area contributed by atoms with Gasteiger partial charge in [-0.2, -0.15) is 0 Å². The van der Waals surface area contributed by atoms with Gasteiger partial charge in [-0.25, -0.2) is 0 Å². The van der Waals surface area contributed by atoms with E-state index >= 15 is 0 Å². The Morgan fingerprint density at radius 3 is 2.56 bits per heavy atom. The fourth-order valence-corrected chi connectivity index (χ4v) is 3.03. The largest absolute Gasteiger partial charge is 0.375 e. The van der Waals surface area contributed by atoms with Crippen LogP contribution in [-0.4, -0.2) is 49.6 Å². The van der Waals surface area contributed by atoms with Crippen molar-refractivity contribution in [2.75, 3.05) is 37.4 Å². The normalized spacial score (nSPS) is 17.1. The van der Waals surface area contributed by atoms with E-state index in [1.807, 2.05) is 19.9 Å². The number of piperidine rings is 1. The van der Waals surface area contributed by atoms with Crippen LogP contribution in [0.2, 0.25) is 0 Å². The quantitative estimate of drug-likeness (QED) is 0.830. The summed E-state index contributed by atoms with van der Waals surface area (Å²) in [5, 5.41) is 5.76. The average molecular weight is 347 g/mol. The summed E-state index contributed by atoms with van der Waals surface area (Å²) in [4.78, 5) is 26.4. The zero-order chi connectivity index (χ0) is 18.4. The maximum absolute atomic E-state index is 12.5. The molecule has 2 amide bonds. The maximum Gasteiger partial charge on any atom is 0.250 e. The molecular formula is C19H29N3O3. The number of methoxy groups -OCH3 is 1. The zero-order valence-electron chi connectivity index (χ0n) is 15.6. The summed E-state index contributed by atoms with van der Waals surface area (Å²) < 4.78 is 4.81. The second-order valence-electron chi connectivity index (χ2n) is 6.89. The predicted octanol–water partition coefficient (Wildman–Crippen LogP) is 2.64. The summed E-state index contributed by atoms with van der Waals surface area (Å²) in [5.74, 6) is 0.551. The number of carbonyl (C=O) groups is 2. The van der Waals surface area contributed by atoms with Gasteiger partial charge in [-0.05, 0) is 69.5 Å². The second kappa shape index (κ2) is 8.97. The molecule has 1 heterocycles. The zero-order valence-corrected chi connectivity index (χ0v) is 15.6. The number of anilines is 2. The van der Waals surface area contributed by atoms with Crippen LogP contribution in [0.25, 0.3) is 0 Å². The van der Waals surface area contributed by atoms with E-state index in [-0.39, 0.29) is 24.5 Å². The van der Waals surface area contributed by atoms with Gasteiger partial charge in [0.05, 0.1) is 6.04 Å². The molecule has 0 saturated carbocycles. The molecule has 1 unspecified atom stereocenters. The fourth-order valence-electron chi connectivity index (χ4n) is 3.03. The monoisotopic (exact) mass is 347 g/mol. The molecular weight excluding hydrogens is 318 g/mol. The maximum atomic E-state index is 12.5. The van der Waals surface area contributed by atoms with Gasteiger partial charge in [0, 0.05) is 18.5 Å². The Morgan fingerprint density at radius 1 is 1.28 bits per heavy atom. The van der Waals surface area contributed by atoms with Gasteiger partial charge in [0.2, 0.25) is 11.8 Å². The highest BCUT2D eigenvalue weighted by atomic mass is 16.5. The number of rotatable bonds is 6. The SMILES string of the molecule is COCC(=O)Nc1ccc(NC(=O)C(C)N2CCC(C)CC2)cc1C. The lowest BCUT2D eigenvalue weighted by atomic mass is 9.98. The molecule has 1 atom stereocenters. The molecule has 0 bridgehead atoms. The van der Waals surface area contributed by atoms with Crippen LogP contribution in [0.5, 0.6) is 0 Å². The Balaban J connectivity index is 1.94. The first-order valence-electron chi connectivity index (χ1n) is 8.85. The van der Waals surface area contributed by atoms with Crippen LogP contribution in [0.4, 0.5) is 11.4 Å². The van der Waals surface area contributed by atoms with Crippen molar-refractivity contribution < 1.29 is 14.3 Å². The standard InChI is InChI=1S/C19H29N3O3/c1-13-7-9-22(10-8-13)15(3)19(24)20-16-5-6-17(14(2)11-16)21-18(23)12-25-4/h5-6,11,13,15H,7-10,12H2,1-4H3,(H,20,24)(H,21,23). The Hall–Kier alpha value is -1.92. The predicted molar refractivity (Wildman–Crippen MR) is 99.7 cm³/mol. The van der Waals surface area contributed by atoms with Crippen LogP contribution in [0, 0.1) is 12.8 Å². The number of carbonyl (C=O) groups excluding carboxylic acids is 2. The lowest BCUT2D eigenvalue weighted by molar-refractivity contribution is -0.121. The van der Waals surface area contributed by atoms with Crippen LogP contribution in [-0.2, 0) is 14.3 Å². The van der Waals surface area contributed by atoms with Crippen LogP contribution in [0.1, 0.15) is 32.3 Å². The Labute approximate surface area is 149 Å². The van der Waals surface area contributed by atoms with Gasteiger partial charge in [-0.1, -0.05) is 6.92 Å². The minimum Gasteiger partial charge on any atom is -0.375 e. The molecule has 1 aromatic rings. The third-order valence-electron chi connectivity index (χ3n) is 4.79. The van der Waals surface area contributed by atoms with Gasteiger partial charge in [-0.3, -0.25) is 14.5 Å². The molecule has 0 aliphatic carbocycles. The molecule has 1 aromatic carbocycles. The van der Waals surface area contributed by atoms with E-state index in [2.05, 4.69) is 22.5 Å². The van der Waals surface area contributed by atoms with Gasteiger partial charge in [-0.15, -0.1) is 0 Å². The van der Waals surface area contributed by atoms with Gasteiger partial charge < -0.3 is 15.4 Å². The molecule has 138 valence electrons. The van der Waals surface area contributed by atoms with E-state index < -0.39 is 0 Å². The van der Waals surface area contributed by atoms with Gasteiger partial charge >= 0.3 is 0 Å². The summed E-state index contributed by atoms with van der Waals surface area (Å²) in [7, 11) is 1.48. The number of ether oxygens (including phenoxy) is 1. The number of hydrogen-bond acceptors (Lipinski definition) is 4. The molecule has 0 aromatic heterocycles. The van der Waals surface area contributed by atoms with Crippen LogP contribution in [0.3, 0.4) is 0 Å². The highest BCUT2D eigenvalue weighted by molar-refractivity contribution is 5.96. The van der Waals surface area contributed by atoms with E-state index in [1.54, 1.807) is 12.1 Å². The average Bonchev–Trinajstić information content (AvgIpc) is 2.57. The van der Waals surface area contributed by atoms with Crippen molar-refractivity contribution in [3.05, 3.63) is 23.8 Å². The third kappa shape index (κ3) is 5.54. The third-order valence-corrected chi connectivity index (χ3v) is 4.79. The van der Waals surface area contributed by atoms with Crippen molar-refractivity contribution in [3.8, 4) is 0 Å². The first-order valence-corrected chi connectivity index (χ1v) is 8.85. The minimum absolute atomic E-state index is 0.00474. The summed E-state index contributed by atoms with van der Waals surface area (Å²) in [5.41, 5.74) is 2.35. The molecule has 0 spiro atoms. The molecule has 2 rings (SSSR count). The number of benzene rings is 1. The van der Waals surface area contributed by atoms with Gasteiger partial charge in [0.15, 0.2) is 0 Å². The summed E-state index contributed by atoms with van der Waals surface area (Å²) >= 11 is 0. The smallest absolute Gasteiger partial charge is 0.250 e. The summed E-state index contributed by atoms with van der Waals surface area (Å²) in [6, 6.07) is 5.32. The number of likely N-dealkylation sites (tertiary alicyclic amines) is 1. The molecule has 1 fully saturated rings. The molecule has 1 aliphatic rings. The molecule has 25 heavy (non-hydrogen) atoms. The topological polar surface area (TPSA) is 70.7 Å². The van der Waals surface area contributed by atoms with Crippen molar-refractivity contribution in [2.24, 2.45) is 5.92 Å². The molecule has 1 saturated heterocycles. The van der Waals surface area contributed by atoms with Crippen LogP contribution >= 0.6 is 0 Å². The highest BCUT2D eigenvalue weighted by Gasteiger charge is 2.25. The number of hydrogen-bond donors (Lipinski definition) is 2. The Bertz CT molecular complexity index is 610. The fraction of sp³-hybridized carbons (Fsp3) is 0.579. The number of amides is 2. The van der Waals surface area contributed by atoms with Crippen molar-refractivity contribution in [3.63, 3.8) is 0 Å². The molecule has 6 nitrogen and oxygen atoms in total. The first kappa shape index (κ1) is 19.4. The summed E-state index contributed by atoms with van der Waals surface area (Å²) in [6.07, 6.45) is 2.29. The number of nitrogens with one attached hydrogen (secondary N) is 2. The molecule has 6 heteroatoms. The van der Waals surface area contributed by atoms with Gasteiger partial charge in [0.1, 0.15) is 6.61 Å². The Kier molecular flexibility index (Phi) is 6.96. The molecule has 1 aliphatic heterocycles. The van der Waals surface area contributed by atoms with E-state index in [4.69, 9.17) is 4.74 Å². The Morgan fingerprint density at radius 2 is 1.96 bits per heavy atom. The van der Waals surface area contributed by atoms with Crippen molar-refractivity contribution in [1.82, 2.24) is 4.90 Å². The van der Waals surface area contributed by atoms with Crippen LogP contribution in [0.15, 0.2) is 18.2 Å². The van der Waals surface area contributed by atoms with E-state index in [1.165, 1.54) is 7.11 Å². The first-order chi connectivity index (χ1) is 11.9. The molecule has 0 radical (unpaired) electrons. The van der Waals surface area contributed by atoms with E-state index in [9.17, 15) is 9.59 Å². The van der Waals surface area contributed by atoms with E-state index in [0.29, 0.717) is 0 Å². The second-order valence-corrected chi connectivity index (χ2v) is 6.89. The van der Waals surface area contributed by atoms with E-state index in [0.717, 1.165) is 48.8 Å². The minimum atomic E-state index is -0.199. The van der Waals surface area contributed by atoms with Gasteiger partial charge in [0.25, 0.3) is 0 Å². The summed E-state index contributed by atoms with van der Waals surface area (Å²) in [6.45, 7) is 8.07.